The van der Waals surface area contributed by atoms with Crippen LogP contribution in [-0.4, -0.2) is 40.4 Å². The van der Waals surface area contributed by atoms with Crippen LogP contribution in [0.3, 0.4) is 0 Å². The molecule has 1 amide bonds. The van der Waals surface area contributed by atoms with Crippen molar-refractivity contribution < 1.29 is 15.0 Å². The molecule has 4 heteroatoms. The van der Waals surface area contributed by atoms with E-state index in [4.69, 9.17) is 5.11 Å². The molecule has 18 heavy (non-hydrogen) atoms. The van der Waals surface area contributed by atoms with Gasteiger partial charge in [0.2, 0.25) is 0 Å². The Morgan fingerprint density at radius 2 is 1.94 bits per heavy atom. The molecule has 2 aliphatic rings. The highest BCUT2D eigenvalue weighted by Gasteiger charge is 2.47. The summed E-state index contributed by atoms with van der Waals surface area (Å²) in [4.78, 5) is 12.4. The highest BCUT2D eigenvalue weighted by atomic mass is 16.4. The number of benzene rings is 1. The minimum absolute atomic E-state index is 0.220. The molecule has 1 aromatic rings. The molecule has 2 N–H and O–H groups in total. The lowest BCUT2D eigenvalue weighted by atomic mass is 9.72. The molecular weight excluding hydrogens is 230 g/mol. The van der Waals surface area contributed by atoms with Gasteiger partial charge in [-0.2, -0.15) is 0 Å². The second kappa shape index (κ2) is 3.99. The maximum Gasteiger partial charge on any atom is 0.407 e. The number of fused-ring (bicyclic) bond motifs is 2. The fraction of sp³-hybridized carbons (Fsp3) is 0.500. The van der Waals surface area contributed by atoms with Crippen LogP contribution in [0.2, 0.25) is 0 Å². The standard InChI is InChI=1S/C14H17NO3/c16-12-9-10-3-1-2-4-11(10)14(12)5-7-15(8-6-14)13(17)18/h1-4,12,16H,5-9H2,(H,17,18)/t12-/m0/s1. The summed E-state index contributed by atoms with van der Waals surface area (Å²) < 4.78 is 0. The van der Waals surface area contributed by atoms with Gasteiger partial charge < -0.3 is 15.1 Å². The fourth-order valence-corrected chi connectivity index (χ4v) is 3.47. The molecule has 1 aromatic carbocycles. The molecule has 1 saturated heterocycles. The third kappa shape index (κ3) is 1.52. The quantitative estimate of drug-likeness (QED) is 0.732. The van der Waals surface area contributed by atoms with Crippen molar-refractivity contribution in [3.05, 3.63) is 35.4 Å². The van der Waals surface area contributed by atoms with Crippen LogP contribution in [0.15, 0.2) is 24.3 Å². The zero-order valence-corrected chi connectivity index (χ0v) is 10.2. The van der Waals surface area contributed by atoms with Crippen molar-refractivity contribution in [1.82, 2.24) is 4.90 Å². The molecule has 0 saturated carbocycles. The van der Waals surface area contributed by atoms with Crippen molar-refractivity contribution in [2.24, 2.45) is 0 Å². The Hall–Kier alpha value is -1.55. The SMILES string of the molecule is O=C(O)N1CCC2(CC1)c1ccccc1C[C@@H]2O. The van der Waals surface area contributed by atoms with Gasteiger partial charge in [-0.05, 0) is 30.4 Å². The van der Waals surface area contributed by atoms with Crippen LogP contribution in [0, 0.1) is 0 Å². The normalized spacial score (nSPS) is 25.2. The van der Waals surface area contributed by atoms with Crippen molar-refractivity contribution in [1.29, 1.82) is 0 Å². The molecule has 1 aliphatic carbocycles. The summed E-state index contributed by atoms with van der Waals surface area (Å²) in [7, 11) is 0. The molecule has 96 valence electrons. The van der Waals surface area contributed by atoms with Crippen LogP contribution in [-0.2, 0) is 11.8 Å². The molecule has 0 unspecified atom stereocenters. The van der Waals surface area contributed by atoms with E-state index in [1.165, 1.54) is 16.0 Å². The number of hydrogen-bond donors (Lipinski definition) is 2. The number of hydrogen-bond acceptors (Lipinski definition) is 2. The van der Waals surface area contributed by atoms with Gasteiger partial charge in [0.25, 0.3) is 0 Å². The van der Waals surface area contributed by atoms with Gasteiger partial charge in [0, 0.05) is 18.5 Å². The Morgan fingerprint density at radius 3 is 2.61 bits per heavy atom. The summed E-state index contributed by atoms with van der Waals surface area (Å²) in [5, 5.41) is 19.4. The van der Waals surface area contributed by atoms with E-state index < -0.39 is 6.09 Å². The third-order valence-electron chi connectivity index (χ3n) is 4.53. The smallest absolute Gasteiger partial charge is 0.407 e. The topological polar surface area (TPSA) is 60.8 Å². The molecule has 1 aliphatic heterocycles. The van der Waals surface area contributed by atoms with E-state index in [0.29, 0.717) is 19.5 Å². The summed E-state index contributed by atoms with van der Waals surface area (Å²) >= 11 is 0. The van der Waals surface area contributed by atoms with Gasteiger partial charge in [0.15, 0.2) is 0 Å². The molecule has 1 fully saturated rings. The molecule has 0 aromatic heterocycles. The van der Waals surface area contributed by atoms with E-state index in [-0.39, 0.29) is 11.5 Å². The minimum Gasteiger partial charge on any atom is -0.465 e. The van der Waals surface area contributed by atoms with Gasteiger partial charge >= 0.3 is 6.09 Å². The highest BCUT2D eigenvalue weighted by Crippen LogP contribution is 2.46. The molecule has 0 radical (unpaired) electrons. The number of aliphatic hydroxyl groups excluding tert-OH is 1. The molecule has 4 nitrogen and oxygen atoms in total. The maximum absolute atomic E-state index is 10.9. The number of piperidine rings is 1. The number of carboxylic acid groups (broad SMARTS) is 1. The lowest BCUT2D eigenvalue weighted by molar-refractivity contribution is 0.0436. The Balaban J connectivity index is 1.90. The summed E-state index contributed by atoms with van der Waals surface area (Å²) in [6.45, 7) is 1.03. The van der Waals surface area contributed by atoms with Gasteiger partial charge in [-0.1, -0.05) is 24.3 Å². The van der Waals surface area contributed by atoms with Crippen molar-refractivity contribution in [3.63, 3.8) is 0 Å². The average molecular weight is 247 g/mol. The fourth-order valence-electron chi connectivity index (χ4n) is 3.47. The number of nitrogens with zero attached hydrogens (tertiary/aromatic N) is 1. The summed E-state index contributed by atoms with van der Waals surface area (Å²) in [6, 6.07) is 8.15. The summed E-state index contributed by atoms with van der Waals surface area (Å²) in [5.74, 6) is 0. The van der Waals surface area contributed by atoms with Crippen molar-refractivity contribution >= 4 is 6.09 Å². The zero-order valence-electron chi connectivity index (χ0n) is 10.2. The second-order valence-electron chi connectivity index (χ2n) is 5.30. The minimum atomic E-state index is -0.856. The van der Waals surface area contributed by atoms with Gasteiger partial charge in [0.1, 0.15) is 0 Å². The third-order valence-corrected chi connectivity index (χ3v) is 4.53. The Labute approximate surface area is 106 Å². The van der Waals surface area contributed by atoms with E-state index in [2.05, 4.69) is 12.1 Å². The maximum atomic E-state index is 10.9. The first-order valence-corrected chi connectivity index (χ1v) is 6.38. The second-order valence-corrected chi connectivity index (χ2v) is 5.30. The first kappa shape index (κ1) is 11.5. The first-order chi connectivity index (χ1) is 8.63. The molecule has 1 heterocycles. The highest BCUT2D eigenvalue weighted by molar-refractivity contribution is 5.65. The van der Waals surface area contributed by atoms with E-state index in [9.17, 15) is 9.90 Å². The summed E-state index contributed by atoms with van der Waals surface area (Å²) in [6.07, 6.45) is 0.912. The molecule has 1 atom stereocenters. The largest absolute Gasteiger partial charge is 0.465 e. The molecular formula is C14H17NO3. The van der Waals surface area contributed by atoms with E-state index in [1.54, 1.807) is 0 Å². The number of carbonyl (C=O) groups is 1. The Bertz CT molecular complexity index is 478. The van der Waals surface area contributed by atoms with Crippen LogP contribution in [0.1, 0.15) is 24.0 Å². The van der Waals surface area contributed by atoms with Gasteiger partial charge in [-0.15, -0.1) is 0 Å². The van der Waals surface area contributed by atoms with Gasteiger partial charge in [-0.3, -0.25) is 0 Å². The predicted octanol–water partition coefficient (Wildman–Crippen LogP) is 1.62. The van der Waals surface area contributed by atoms with Crippen molar-refractivity contribution in [2.45, 2.75) is 30.8 Å². The predicted molar refractivity (Wildman–Crippen MR) is 66.7 cm³/mol. The Kier molecular flexibility index (Phi) is 2.55. The van der Waals surface area contributed by atoms with Crippen LogP contribution < -0.4 is 0 Å². The van der Waals surface area contributed by atoms with E-state index >= 15 is 0 Å². The van der Waals surface area contributed by atoms with Crippen molar-refractivity contribution in [3.8, 4) is 0 Å². The van der Waals surface area contributed by atoms with Crippen LogP contribution in [0.25, 0.3) is 0 Å². The van der Waals surface area contributed by atoms with E-state index in [1.807, 2.05) is 12.1 Å². The average Bonchev–Trinajstić information content (AvgIpc) is 2.64. The molecule has 3 rings (SSSR count). The van der Waals surface area contributed by atoms with Crippen molar-refractivity contribution in [2.75, 3.05) is 13.1 Å². The lowest BCUT2D eigenvalue weighted by Crippen LogP contribution is -2.48. The molecule has 0 bridgehead atoms. The number of rotatable bonds is 0. The number of likely N-dealkylation sites (tertiary alicyclic amines) is 1. The lowest BCUT2D eigenvalue weighted by Gasteiger charge is -2.41. The number of aliphatic hydroxyl groups is 1. The Morgan fingerprint density at radius 1 is 1.28 bits per heavy atom. The summed E-state index contributed by atoms with van der Waals surface area (Å²) in [5.41, 5.74) is 2.22. The van der Waals surface area contributed by atoms with Gasteiger partial charge in [-0.25, -0.2) is 4.79 Å². The van der Waals surface area contributed by atoms with Crippen LogP contribution >= 0.6 is 0 Å². The number of amides is 1. The molecule has 1 spiro atoms. The van der Waals surface area contributed by atoms with Gasteiger partial charge in [0.05, 0.1) is 6.10 Å². The monoisotopic (exact) mass is 247 g/mol. The van der Waals surface area contributed by atoms with Crippen LogP contribution in [0.4, 0.5) is 4.79 Å². The first-order valence-electron chi connectivity index (χ1n) is 6.38. The van der Waals surface area contributed by atoms with Crippen LogP contribution in [0.5, 0.6) is 0 Å². The zero-order chi connectivity index (χ0) is 12.8. The van der Waals surface area contributed by atoms with E-state index in [0.717, 1.165) is 12.8 Å².